The topological polar surface area (TPSA) is 81.4 Å². The molecule has 6 nitrogen and oxygen atoms in total. The van der Waals surface area contributed by atoms with Gasteiger partial charge in [0.25, 0.3) is 0 Å². The van der Waals surface area contributed by atoms with E-state index >= 15 is 0 Å². The molecule has 0 saturated heterocycles. The Morgan fingerprint density at radius 2 is 2.15 bits per heavy atom. The first-order valence-electron chi connectivity index (χ1n) is 6.02. The van der Waals surface area contributed by atoms with Crippen molar-refractivity contribution in [2.24, 2.45) is 0 Å². The highest BCUT2D eigenvalue weighted by Crippen LogP contribution is 2.15. The van der Waals surface area contributed by atoms with Crippen LogP contribution in [0.2, 0.25) is 0 Å². The van der Waals surface area contributed by atoms with E-state index in [2.05, 4.69) is 15.0 Å². The van der Waals surface area contributed by atoms with Gasteiger partial charge in [-0.15, -0.1) is 0 Å². The van der Waals surface area contributed by atoms with Crippen molar-refractivity contribution in [2.75, 3.05) is 7.11 Å². The van der Waals surface area contributed by atoms with Gasteiger partial charge in [0.05, 0.1) is 7.11 Å². The third kappa shape index (κ3) is 3.23. The Hall–Kier alpha value is -2.63. The molecule has 1 N–H and O–H groups in total. The number of fused-ring (bicyclic) bond motifs is 1. The van der Waals surface area contributed by atoms with Gasteiger partial charge in [0.2, 0.25) is 11.8 Å². The third-order valence-corrected chi connectivity index (χ3v) is 2.60. The van der Waals surface area contributed by atoms with Gasteiger partial charge in [0.1, 0.15) is 11.6 Å². The number of rotatable bonds is 4. The molecular formula is C14H14N2O4. The lowest BCUT2D eigenvalue weighted by molar-refractivity contribution is -0.144. The van der Waals surface area contributed by atoms with Crippen LogP contribution in [0.15, 0.2) is 34.8 Å². The van der Waals surface area contributed by atoms with E-state index in [0.717, 1.165) is 5.52 Å². The summed E-state index contributed by atoms with van der Waals surface area (Å²) in [6.45, 7) is 1.54. The highest BCUT2D eigenvalue weighted by molar-refractivity contribution is 5.94. The zero-order valence-corrected chi connectivity index (χ0v) is 11.1. The average Bonchev–Trinajstić information content (AvgIpc) is 2.87. The van der Waals surface area contributed by atoms with Gasteiger partial charge in [-0.1, -0.05) is 12.1 Å². The number of benzene rings is 1. The summed E-state index contributed by atoms with van der Waals surface area (Å²) in [7, 11) is 1.26. The van der Waals surface area contributed by atoms with Gasteiger partial charge in [0.15, 0.2) is 5.58 Å². The van der Waals surface area contributed by atoms with Gasteiger partial charge >= 0.3 is 5.97 Å². The van der Waals surface area contributed by atoms with Crippen LogP contribution < -0.4 is 5.32 Å². The minimum absolute atomic E-state index is 0.326. The Balaban J connectivity index is 2.01. The molecule has 0 radical (unpaired) electrons. The molecular weight excluding hydrogens is 260 g/mol. The summed E-state index contributed by atoms with van der Waals surface area (Å²) in [5.74, 6) is -0.606. The van der Waals surface area contributed by atoms with Gasteiger partial charge in [-0.3, -0.25) is 4.79 Å². The Bertz CT molecular complexity index is 627. The Labute approximate surface area is 115 Å². The van der Waals surface area contributed by atoms with Crippen molar-refractivity contribution < 1.29 is 18.7 Å². The summed E-state index contributed by atoms with van der Waals surface area (Å²) in [5, 5.41) is 2.46. The van der Waals surface area contributed by atoms with Crippen LogP contribution in [-0.4, -0.2) is 30.0 Å². The molecule has 0 aliphatic heterocycles. The summed E-state index contributed by atoms with van der Waals surface area (Å²) in [6.07, 6.45) is 2.70. The molecule has 20 heavy (non-hydrogen) atoms. The van der Waals surface area contributed by atoms with E-state index in [4.69, 9.17) is 4.42 Å². The fourth-order valence-corrected chi connectivity index (χ4v) is 1.61. The molecule has 1 atom stereocenters. The molecule has 0 bridgehead atoms. The van der Waals surface area contributed by atoms with E-state index < -0.39 is 17.9 Å². The molecule has 6 heteroatoms. The van der Waals surface area contributed by atoms with E-state index in [1.807, 2.05) is 18.2 Å². The number of nitrogens with one attached hydrogen (secondary N) is 1. The lowest BCUT2D eigenvalue weighted by atomic mass is 10.3. The van der Waals surface area contributed by atoms with E-state index in [1.54, 1.807) is 6.07 Å². The zero-order valence-electron chi connectivity index (χ0n) is 11.1. The van der Waals surface area contributed by atoms with Crippen molar-refractivity contribution in [3.8, 4) is 0 Å². The van der Waals surface area contributed by atoms with Crippen LogP contribution in [0.25, 0.3) is 17.2 Å². The minimum Gasteiger partial charge on any atom is -0.467 e. The maximum Gasteiger partial charge on any atom is 0.328 e. The Morgan fingerprint density at radius 1 is 1.40 bits per heavy atom. The SMILES string of the molecule is COC(=O)C(C)NC(=O)C=Cc1nc2ccccc2o1. The number of hydrogen-bond acceptors (Lipinski definition) is 5. The molecule has 104 valence electrons. The number of hydrogen-bond donors (Lipinski definition) is 1. The molecule has 1 amide bonds. The monoisotopic (exact) mass is 274 g/mol. The molecule has 1 heterocycles. The second-order valence-electron chi connectivity index (χ2n) is 4.11. The summed E-state index contributed by atoms with van der Waals surface area (Å²) in [5.41, 5.74) is 1.37. The zero-order chi connectivity index (χ0) is 14.5. The molecule has 0 spiro atoms. The molecule has 2 rings (SSSR count). The van der Waals surface area contributed by atoms with Crippen LogP contribution in [0.1, 0.15) is 12.8 Å². The largest absolute Gasteiger partial charge is 0.467 e. The molecule has 0 fully saturated rings. The average molecular weight is 274 g/mol. The number of aromatic nitrogens is 1. The second-order valence-corrected chi connectivity index (χ2v) is 4.11. The van der Waals surface area contributed by atoms with E-state index in [0.29, 0.717) is 11.5 Å². The highest BCUT2D eigenvalue weighted by Gasteiger charge is 2.14. The Kier molecular flexibility index (Phi) is 4.14. The predicted molar refractivity (Wildman–Crippen MR) is 72.7 cm³/mol. The van der Waals surface area contributed by atoms with Gasteiger partial charge in [0, 0.05) is 12.2 Å². The predicted octanol–water partition coefficient (Wildman–Crippen LogP) is 1.52. The van der Waals surface area contributed by atoms with Crippen LogP contribution in [0.3, 0.4) is 0 Å². The van der Waals surface area contributed by atoms with Crippen molar-refractivity contribution >= 4 is 29.1 Å². The third-order valence-electron chi connectivity index (χ3n) is 2.60. The summed E-state index contributed by atoms with van der Waals surface area (Å²) >= 11 is 0. The molecule has 0 aliphatic rings. The fraction of sp³-hybridized carbons (Fsp3) is 0.214. The number of ether oxygens (including phenoxy) is 1. The maximum atomic E-state index is 11.6. The standard InChI is InChI=1S/C14H14N2O4/c1-9(14(18)19-2)15-12(17)7-8-13-16-10-5-3-4-6-11(10)20-13/h3-9H,1-2H3,(H,15,17). The quantitative estimate of drug-likeness (QED) is 0.675. The summed E-state index contributed by atoms with van der Waals surface area (Å²) in [6, 6.07) is 6.59. The summed E-state index contributed by atoms with van der Waals surface area (Å²) in [4.78, 5) is 26.9. The normalized spacial score (nSPS) is 12.5. The molecule has 1 aromatic heterocycles. The van der Waals surface area contributed by atoms with Crippen molar-refractivity contribution in [1.82, 2.24) is 10.3 Å². The summed E-state index contributed by atoms with van der Waals surface area (Å²) < 4.78 is 9.93. The van der Waals surface area contributed by atoms with E-state index in [-0.39, 0.29) is 0 Å². The lowest BCUT2D eigenvalue weighted by Gasteiger charge is -2.08. The van der Waals surface area contributed by atoms with Gasteiger partial charge < -0.3 is 14.5 Å². The van der Waals surface area contributed by atoms with Crippen molar-refractivity contribution in [2.45, 2.75) is 13.0 Å². The first-order valence-corrected chi connectivity index (χ1v) is 6.02. The maximum absolute atomic E-state index is 11.6. The number of carbonyl (C=O) groups is 2. The number of esters is 1. The van der Waals surface area contributed by atoms with E-state index in [9.17, 15) is 9.59 Å². The number of para-hydroxylation sites is 2. The number of amides is 1. The minimum atomic E-state index is -0.708. The molecule has 1 aromatic carbocycles. The van der Waals surface area contributed by atoms with Crippen LogP contribution in [-0.2, 0) is 14.3 Å². The molecule has 1 unspecified atom stereocenters. The highest BCUT2D eigenvalue weighted by atomic mass is 16.5. The molecule has 2 aromatic rings. The van der Waals surface area contributed by atoms with Crippen LogP contribution in [0.4, 0.5) is 0 Å². The number of methoxy groups -OCH3 is 1. The van der Waals surface area contributed by atoms with Gasteiger partial charge in [-0.05, 0) is 19.1 Å². The number of nitrogens with zero attached hydrogens (tertiary/aromatic N) is 1. The number of carbonyl (C=O) groups excluding carboxylic acids is 2. The van der Waals surface area contributed by atoms with E-state index in [1.165, 1.54) is 26.2 Å². The van der Waals surface area contributed by atoms with Crippen molar-refractivity contribution in [3.63, 3.8) is 0 Å². The van der Waals surface area contributed by atoms with Crippen molar-refractivity contribution in [1.29, 1.82) is 0 Å². The molecule has 0 saturated carbocycles. The fourth-order valence-electron chi connectivity index (χ4n) is 1.61. The second kappa shape index (κ2) is 6.01. The smallest absolute Gasteiger partial charge is 0.328 e. The van der Waals surface area contributed by atoms with Crippen molar-refractivity contribution in [3.05, 3.63) is 36.2 Å². The van der Waals surface area contributed by atoms with Crippen LogP contribution in [0.5, 0.6) is 0 Å². The first kappa shape index (κ1) is 13.8. The van der Waals surface area contributed by atoms with Crippen LogP contribution in [0, 0.1) is 0 Å². The lowest BCUT2D eigenvalue weighted by Crippen LogP contribution is -2.38. The molecule has 0 aliphatic carbocycles. The Morgan fingerprint density at radius 3 is 2.85 bits per heavy atom. The number of oxazole rings is 1. The van der Waals surface area contributed by atoms with Crippen LogP contribution >= 0.6 is 0 Å². The first-order chi connectivity index (χ1) is 9.60. The van der Waals surface area contributed by atoms with Gasteiger partial charge in [-0.2, -0.15) is 0 Å². The van der Waals surface area contributed by atoms with Gasteiger partial charge in [-0.25, -0.2) is 9.78 Å².